The van der Waals surface area contributed by atoms with Crippen molar-refractivity contribution in [1.82, 2.24) is 0 Å². The minimum atomic E-state index is -4.67. The lowest BCUT2D eigenvalue weighted by molar-refractivity contribution is -0.137. The molecule has 5 nitrogen and oxygen atoms in total. The number of amides is 1. The van der Waals surface area contributed by atoms with E-state index in [0.29, 0.717) is 0 Å². The Balaban J connectivity index is 1.97. The van der Waals surface area contributed by atoms with Crippen LogP contribution < -0.4 is 10.1 Å². The zero-order valence-electron chi connectivity index (χ0n) is 13.4. The first kappa shape index (κ1) is 20.1. The van der Waals surface area contributed by atoms with Crippen molar-refractivity contribution < 1.29 is 41.0 Å². The van der Waals surface area contributed by atoms with Crippen LogP contribution >= 0.6 is 0 Å². The molecule has 10 heteroatoms. The molecule has 144 valence electrons. The molecule has 1 N–H and O–H groups in total. The van der Waals surface area contributed by atoms with E-state index in [0.717, 1.165) is 24.3 Å². The predicted molar refractivity (Wildman–Crippen MR) is 83.4 cm³/mol. The Kier molecular flexibility index (Phi) is 6.32. The van der Waals surface area contributed by atoms with Crippen molar-refractivity contribution >= 4 is 17.6 Å². The molecule has 1 amide bonds. The van der Waals surface area contributed by atoms with Crippen LogP contribution in [0.15, 0.2) is 48.5 Å². The van der Waals surface area contributed by atoms with Crippen molar-refractivity contribution in [2.45, 2.75) is 12.8 Å². The normalized spacial score (nSPS) is 11.2. The summed E-state index contributed by atoms with van der Waals surface area (Å²) in [7, 11) is 0. The lowest BCUT2D eigenvalue weighted by Crippen LogP contribution is -2.22. The standard InChI is InChI=1S/C17H12F5NO4/c18-16(19)27-11-5-3-4-10(8-11)15(25)26-9-14(24)23-13-7-2-1-6-12(13)17(20,21)22/h1-8,16H,9H2,(H,23,24). The second-order valence-electron chi connectivity index (χ2n) is 5.07. The van der Waals surface area contributed by atoms with Gasteiger partial charge >= 0.3 is 18.8 Å². The molecule has 2 aromatic carbocycles. The predicted octanol–water partition coefficient (Wildman–Crippen LogP) is 4.10. The Bertz CT molecular complexity index is 823. The lowest BCUT2D eigenvalue weighted by Gasteiger charge is -2.13. The minimum Gasteiger partial charge on any atom is -0.452 e. The summed E-state index contributed by atoms with van der Waals surface area (Å²) >= 11 is 0. The highest BCUT2D eigenvalue weighted by Crippen LogP contribution is 2.34. The van der Waals surface area contributed by atoms with E-state index in [4.69, 9.17) is 0 Å². The molecular weight excluding hydrogens is 377 g/mol. The number of alkyl halides is 5. The van der Waals surface area contributed by atoms with Gasteiger partial charge in [0.2, 0.25) is 0 Å². The average molecular weight is 389 g/mol. The maximum Gasteiger partial charge on any atom is 0.418 e. The number of hydrogen-bond acceptors (Lipinski definition) is 4. The van der Waals surface area contributed by atoms with E-state index in [1.54, 1.807) is 0 Å². The molecule has 0 spiro atoms. The van der Waals surface area contributed by atoms with Crippen LogP contribution in [0, 0.1) is 0 Å². The van der Waals surface area contributed by atoms with Gasteiger partial charge in [-0.2, -0.15) is 22.0 Å². The van der Waals surface area contributed by atoms with E-state index >= 15 is 0 Å². The molecule has 0 aliphatic rings. The molecule has 0 fully saturated rings. The van der Waals surface area contributed by atoms with Crippen molar-refractivity contribution in [3.63, 3.8) is 0 Å². The fourth-order valence-corrected chi connectivity index (χ4v) is 2.04. The number of esters is 1. The largest absolute Gasteiger partial charge is 0.452 e. The number of carbonyl (C=O) groups is 2. The Hall–Kier alpha value is -3.17. The smallest absolute Gasteiger partial charge is 0.418 e. The lowest BCUT2D eigenvalue weighted by atomic mass is 10.1. The first-order valence-electron chi connectivity index (χ1n) is 7.35. The molecule has 0 saturated carbocycles. The number of rotatable bonds is 6. The van der Waals surface area contributed by atoms with Gasteiger partial charge in [0.25, 0.3) is 5.91 Å². The average Bonchev–Trinajstić information content (AvgIpc) is 2.59. The molecule has 2 aromatic rings. The summed E-state index contributed by atoms with van der Waals surface area (Å²) in [6.07, 6.45) is -4.67. The molecular formula is C17H12F5NO4. The van der Waals surface area contributed by atoms with E-state index in [-0.39, 0.29) is 11.3 Å². The zero-order chi connectivity index (χ0) is 20.0. The highest BCUT2D eigenvalue weighted by Gasteiger charge is 2.33. The van der Waals surface area contributed by atoms with Crippen molar-refractivity contribution in [3.05, 3.63) is 59.7 Å². The topological polar surface area (TPSA) is 64.6 Å². The summed E-state index contributed by atoms with van der Waals surface area (Å²) in [5, 5.41) is 2.00. The third kappa shape index (κ3) is 5.94. The maximum atomic E-state index is 12.9. The first-order valence-corrected chi connectivity index (χ1v) is 7.35. The van der Waals surface area contributed by atoms with Gasteiger partial charge in [-0.1, -0.05) is 18.2 Å². The third-order valence-corrected chi connectivity index (χ3v) is 3.14. The monoisotopic (exact) mass is 389 g/mol. The zero-order valence-corrected chi connectivity index (χ0v) is 13.4. The van der Waals surface area contributed by atoms with Gasteiger partial charge in [-0.3, -0.25) is 4.79 Å². The Labute approximate surface area is 149 Å². The van der Waals surface area contributed by atoms with Crippen LogP contribution in [0.1, 0.15) is 15.9 Å². The van der Waals surface area contributed by atoms with Crippen LogP contribution in [0.25, 0.3) is 0 Å². The molecule has 0 aromatic heterocycles. The molecule has 2 rings (SSSR count). The molecule has 0 radical (unpaired) electrons. The van der Waals surface area contributed by atoms with Crippen LogP contribution in [0.2, 0.25) is 0 Å². The van der Waals surface area contributed by atoms with Crippen molar-refractivity contribution in [3.8, 4) is 5.75 Å². The van der Waals surface area contributed by atoms with Crippen molar-refractivity contribution in [1.29, 1.82) is 0 Å². The number of halogens is 5. The quantitative estimate of drug-likeness (QED) is 0.597. The molecule has 0 saturated heterocycles. The van der Waals surface area contributed by atoms with E-state index in [1.807, 2.05) is 5.32 Å². The summed E-state index contributed by atoms with van der Waals surface area (Å²) in [6.45, 7) is -3.96. The van der Waals surface area contributed by atoms with Crippen LogP contribution in [-0.2, 0) is 15.7 Å². The fraction of sp³-hybridized carbons (Fsp3) is 0.176. The van der Waals surface area contributed by atoms with E-state index in [1.165, 1.54) is 24.3 Å². The molecule has 0 unspecified atom stereocenters. The van der Waals surface area contributed by atoms with Gasteiger partial charge in [-0.15, -0.1) is 0 Å². The SMILES string of the molecule is O=C(COC(=O)c1cccc(OC(F)F)c1)Nc1ccccc1C(F)(F)F. The highest BCUT2D eigenvalue weighted by molar-refractivity contribution is 5.96. The fourth-order valence-electron chi connectivity index (χ4n) is 2.04. The Morgan fingerprint density at radius 3 is 2.41 bits per heavy atom. The van der Waals surface area contributed by atoms with E-state index < -0.39 is 42.5 Å². The van der Waals surface area contributed by atoms with Gasteiger partial charge in [-0.25, -0.2) is 4.79 Å². The second-order valence-corrected chi connectivity index (χ2v) is 5.07. The van der Waals surface area contributed by atoms with E-state index in [9.17, 15) is 31.5 Å². The number of ether oxygens (including phenoxy) is 2. The van der Waals surface area contributed by atoms with Crippen LogP contribution in [-0.4, -0.2) is 25.1 Å². The summed E-state index contributed by atoms with van der Waals surface area (Å²) < 4.78 is 71.7. The highest BCUT2D eigenvalue weighted by atomic mass is 19.4. The van der Waals surface area contributed by atoms with Gasteiger partial charge < -0.3 is 14.8 Å². The van der Waals surface area contributed by atoms with Gasteiger partial charge in [0, 0.05) is 0 Å². The summed E-state index contributed by atoms with van der Waals surface area (Å²) in [5.74, 6) is -2.32. The number of anilines is 1. The number of para-hydroxylation sites is 1. The van der Waals surface area contributed by atoms with Crippen LogP contribution in [0.3, 0.4) is 0 Å². The molecule has 0 heterocycles. The second kappa shape index (κ2) is 8.47. The summed E-state index contributed by atoms with van der Waals surface area (Å²) in [4.78, 5) is 23.6. The van der Waals surface area contributed by atoms with Crippen LogP contribution in [0.5, 0.6) is 5.75 Å². The molecule has 27 heavy (non-hydrogen) atoms. The number of nitrogens with one attached hydrogen (secondary N) is 1. The van der Waals surface area contributed by atoms with Gasteiger partial charge in [0.15, 0.2) is 6.61 Å². The van der Waals surface area contributed by atoms with Gasteiger partial charge in [0.1, 0.15) is 5.75 Å². The summed E-state index contributed by atoms with van der Waals surface area (Å²) in [6, 6.07) is 8.95. The third-order valence-electron chi connectivity index (χ3n) is 3.14. The van der Waals surface area contributed by atoms with E-state index in [2.05, 4.69) is 9.47 Å². The van der Waals surface area contributed by atoms with Gasteiger partial charge in [0.05, 0.1) is 16.8 Å². The Morgan fingerprint density at radius 1 is 1.04 bits per heavy atom. The van der Waals surface area contributed by atoms with Crippen LogP contribution in [0.4, 0.5) is 27.6 Å². The number of hydrogen-bond donors (Lipinski definition) is 1. The number of carbonyl (C=O) groups excluding carboxylic acids is 2. The first-order chi connectivity index (χ1) is 12.7. The molecule has 0 aliphatic heterocycles. The molecule has 0 atom stereocenters. The summed E-state index contributed by atoms with van der Waals surface area (Å²) in [5.41, 5.74) is -1.71. The maximum absolute atomic E-state index is 12.9. The molecule has 0 bridgehead atoms. The molecule has 0 aliphatic carbocycles. The van der Waals surface area contributed by atoms with Crippen molar-refractivity contribution in [2.24, 2.45) is 0 Å². The minimum absolute atomic E-state index is 0.170. The Morgan fingerprint density at radius 2 is 1.74 bits per heavy atom. The van der Waals surface area contributed by atoms with Crippen molar-refractivity contribution in [2.75, 3.05) is 11.9 Å². The van der Waals surface area contributed by atoms with Gasteiger partial charge in [-0.05, 0) is 30.3 Å². The number of benzene rings is 2.